The van der Waals surface area contributed by atoms with Gasteiger partial charge in [0.25, 0.3) is 0 Å². The van der Waals surface area contributed by atoms with Gasteiger partial charge in [-0.15, -0.1) is 0 Å². The van der Waals surface area contributed by atoms with E-state index in [-0.39, 0.29) is 51.7 Å². The largest absolute Gasteiger partial charge is 0.278 e. The number of hydrogen-bond acceptors (Lipinski definition) is 3. The van der Waals surface area contributed by atoms with Crippen molar-refractivity contribution in [3.8, 4) is 34.4 Å². The van der Waals surface area contributed by atoms with Crippen LogP contribution in [-0.4, -0.2) is 32.2 Å². The predicted octanol–water partition coefficient (Wildman–Crippen LogP) is 10.8. The van der Waals surface area contributed by atoms with E-state index >= 15 is 0 Å². The number of aromatic nitrogens is 5. The highest BCUT2D eigenvalue weighted by atomic mass is 28.3. The molecule has 0 atom stereocenters. The molecule has 3 aromatic heterocycles. The Morgan fingerprint density at radius 2 is 0.698 bits per heavy atom. The molecule has 9 aromatic carbocycles. The van der Waals surface area contributed by atoms with E-state index in [2.05, 4.69) is 0 Å². The first-order chi connectivity index (χ1) is 34.6. The van der Waals surface area contributed by atoms with E-state index in [1.807, 2.05) is 197 Å². The lowest BCUT2D eigenvalue weighted by Gasteiger charge is -2.35. The van der Waals surface area contributed by atoms with E-state index in [0.29, 0.717) is 0 Å². The molecule has 296 valence electrons. The second-order valence-electron chi connectivity index (χ2n) is 15.3. The highest BCUT2D eigenvalue weighted by Crippen LogP contribution is 2.35. The molecule has 0 aliphatic carbocycles. The Morgan fingerprint density at radius 3 is 1.11 bits per heavy atom. The third kappa shape index (κ3) is 5.95. The van der Waals surface area contributed by atoms with Crippen LogP contribution in [0.2, 0.25) is 0 Å². The van der Waals surface area contributed by atoms with Gasteiger partial charge in [-0.1, -0.05) is 206 Å². The van der Waals surface area contributed by atoms with Gasteiger partial charge in [-0.3, -0.25) is 9.13 Å². The van der Waals surface area contributed by atoms with Crippen LogP contribution in [0.5, 0.6) is 0 Å². The van der Waals surface area contributed by atoms with E-state index in [0.717, 1.165) is 59.2 Å². The molecule has 0 aliphatic heterocycles. The Labute approximate surface area is 377 Å². The van der Waals surface area contributed by atoms with Crippen molar-refractivity contribution < 1.29 is 11.0 Å². The molecule has 0 saturated carbocycles. The Hall–Kier alpha value is -8.19. The number of fused-ring (bicyclic) bond motifs is 6. The molecule has 0 fully saturated rings. The molecule has 6 heteroatoms. The van der Waals surface area contributed by atoms with Gasteiger partial charge >= 0.3 is 0 Å². The van der Waals surface area contributed by atoms with Gasteiger partial charge in [0.2, 0.25) is 11.9 Å². The number of rotatable bonds is 8. The van der Waals surface area contributed by atoms with Gasteiger partial charge < -0.3 is 0 Å². The monoisotopic (exact) mass is 829 g/mol. The smallest absolute Gasteiger partial charge is 0.240 e. The fourth-order valence-electron chi connectivity index (χ4n) is 9.21. The summed E-state index contributed by atoms with van der Waals surface area (Å²) in [6, 6.07) is 57.2. The van der Waals surface area contributed by atoms with Crippen molar-refractivity contribution in [1.29, 1.82) is 0 Å². The molecule has 0 saturated heterocycles. The van der Waals surface area contributed by atoms with Crippen molar-refractivity contribution in [3.63, 3.8) is 0 Å². The van der Waals surface area contributed by atoms with Gasteiger partial charge in [-0.2, -0.15) is 15.0 Å². The van der Waals surface area contributed by atoms with Crippen molar-refractivity contribution in [2.45, 2.75) is 0 Å². The van der Waals surface area contributed by atoms with Gasteiger partial charge in [0, 0.05) is 27.1 Å². The summed E-state index contributed by atoms with van der Waals surface area (Å²) >= 11 is 0. The fraction of sp³-hybridized carbons (Fsp3) is 0. The summed E-state index contributed by atoms with van der Waals surface area (Å²) in [6.45, 7) is 0. The molecule has 0 amide bonds. The summed E-state index contributed by atoms with van der Waals surface area (Å²) in [4.78, 5) is 15.9. The third-order valence-electron chi connectivity index (χ3n) is 11.9. The highest BCUT2D eigenvalue weighted by molar-refractivity contribution is 7.20. The molecule has 0 radical (unpaired) electrons. The first-order valence-corrected chi connectivity index (χ1v) is 22.7. The fourth-order valence-corrected chi connectivity index (χ4v) is 13.8. The standard InChI is InChI=1S/C57H39N5Si/c1-5-21-40(22-6-1)41-37-42(39-46(38-41)63(43-23-7-2-8-24-43,44-25-9-3-10-26-44)45-27-11-4-12-28-45)55-58-56(61-51-33-17-13-29-47(51)48-30-14-18-34-52(48)61)60-57(59-55)62-53-35-19-15-31-49(53)50-32-16-20-36-54(50)62/h1-39H/i1D,5D,6D,21D,22D,37D,38D,39D. The Bertz CT molecular complexity index is 3740. The van der Waals surface area contributed by atoms with Crippen LogP contribution in [-0.2, 0) is 0 Å². The molecular formula is C57H39N5Si. The maximum absolute atomic E-state index is 10.8. The first-order valence-electron chi connectivity index (χ1n) is 24.7. The van der Waals surface area contributed by atoms with Gasteiger partial charge in [-0.05, 0) is 62.2 Å². The van der Waals surface area contributed by atoms with Crippen molar-refractivity contribution in [1.82, 2.24) is 24.1 Å². The van der Waals surface area contributed by atoms with Crippen LogP contribution < -0.4 is 20.7 Å². The van der Waals surface area contributed by atoms with Crippen LogP contribution in [0.4, 0.5) is 0 Å². The van der Waals surface area contributed by atoms with Gasteiger partial charge in [0.05, 0.1) is 33.0 Å². The molecule has 12 aromatic rings. The number of nitrogens with zero attached hydrogens (tertiary/aromatic N) is 5. The summed E-state index contributed by atoms with van der Waals surface area (Å²) in [5.41, 5.74) is 2.57. The van der Waals surface area contributed by atoms with Crippen LogP contribution in [0.1, 0.15) is 11.0 Å². The van der Waals surface area contributed by atoms with E-state index in [1.165, 1.54) is 0 Å². The molecule has 63 heavy (non-hydrogen) atoms. The molecule has 5 nitrogen and oxygen atoms in total. The zero-order valence-corrected chi connectivity index (χ0v) is 34.6. The van der Waals surface area contributed by atoms with Crippen LogP contribution in [0.25, 0.3) is 78.0 Å². The maximum atomic E-state index is 10.8. The summed E-state index contributed by atoms with van der Waals surface area (Å²) in [6.07, 6.45) is 0. The molecule has 0 spiro atoms. The zero-order chi connectivity index (χ0) is 48.7. The SMILES string of the molecule is [2H]c1c([2H])c([2H])c(-c2c([2H])c(-c3nc(-n4c5ccccc5c5ccccc54)nc(-n4c5ccccc5c5ccccc54)n3)c([2H])c([Si](c3ccccc3)(c3ccccc3)c3ccccc3)c2[2H])c([2H])c1[2H]. The molecule has 0 aliphatic rings. The Balaban J connectivity index is 1.30. The second kappa shape index (κ2) is 15.1. The molecule has 0 N–H and O–H groups in total. The predicted molar refractivity (Wildman–Crippen MR) is 263 cm³/mol. The van der Waals surface area contributed by atoms with Gasteiger partial charge in [-0.25, -0.2) is 0 Å². The highest BCUT2D eigenvalue weighted by Gasteiger charge is 2.42. The van der Waals surface area contributed by atoms with Crippen LogP contribution >= 0.6 is 0 Å². The minimum absolute atomic E-state index is 0.0734. The second-order valence-corrected chi connectivity index (χ2v) is 19.1. The summed E-state index contributed by atoms with van der Waals surface area (Å²) in [5, 5.41) is 6.53. The van der Waals surface area contributed by atoms with Crippen molar-refractivity contribution in [3.05, 3.63) is 236 Å². The van der Waals surface area contributed by atoms with Gasteiger partial charge in [0.15, 0.2) is 13.9 Å². The molecular weight excluding hydrogens is 783 g/mol. The van der Waals surface area contributed by atoms with Crippen molar-refractivity contribution in [2.75, 3.05) is 0 Å². The molecule has 3 heterocycles. The summed E-state index contributed by atoms with van der Waals surface area (Å²) in [5.74, 6) is 0.318. The zero-order valence-electron chi connectivity index (χ0n) is 41.6. The average Bonchev–Trinajstić information content (AvgIpc) is 3.93. The van der Waals surface area contributed by atoms with Crippen LogP contribution in [0.3, 0.4) is 0 Å². The minimum Gasteiger partial charge on any atom is -0.278 e. The molecule has 0 bridgehead atoms. The first kappa shape index (κ1) is 29.1. The lowest BCUT2D eigenvalue weighted by molar-refractivity contribution is 0.893. The number of benzene rings is 9. The number of para-hydroxylation sites is 4. The minimum atomic E-state index is -3.89. The Kier molecular flexibility index (Phi) is 6.96. The van der Waals surface area contributed by atoms with E-state index in [9.17, 15) is 6.85 Å². The third-order valence-corrected chi connectivity index (χ3v) is 16.5. The lowest BCUT2D eigenvalue weighted by Crippen LogP contribution is -2.74. The van der Waals surface area contributed by atoms with E-state index in [4.69, 9.17) is 19.1 Å². The topological polar surface area (TPSA) is 48.5 Å². The van der Waals surface area contributed by atoms with E-state index < -0.39 is 44.3 Å². The van der Waals surface area contributed by atoms with E-state index in [1.54, 1.807) is 0 Å². The number of hydrogen-bond donors (Lipinski definition) is 0. The average molecular weight is 830 g/mol. The van der Waals surface area contributed by atoms with Crippen LogP contribution in [0.15, 0.2) is 236 Å². The lowest BCUT2D eigenvalue weighted by atomic mass is 10.0. The Morgan fingerprint density at radius 1 is 0.333 bits per heavy atom. The normalized spacial score (nSPS) is 13.6. The summed E-state index contributed by atoms with van der Waals surface area (Å²) < 4.78 is 80.5. The molecule has 12 rings (SSSR count). The quantitative estimate of drug-likeness (QED) is 0.113. The van der Waals surface area contributed by atoms with Gasteiger partial charge in [0.1, 0.15) is 0 Å². The maximum Gasteiger partial charge on any atom is 0.240 e. The summed E-state index contributed by atoms with van der Waals surface area (Å²) in [7, 11) is -3.89. The van der Waals surface area contributed by atoms with Crippen molar-refractivity contribution in [2.24, 2.45) is 0 Å². The van der Waals surface area contributed by atoms with Crippen LogP contribution in [0, 0.1) is 0 Å². The molecule has 0 unspecified atom stereocenters. The van der Waals surface area contributed by atoms with Crippen molar-refractivity contribution >= 4 is 72.4 Å².